The van der Waals surface area contributed by atoms with Gasteiger partial charge in [0, 0.05) is 4.90 Å². The fourth-order valence-electron chi connectivity index (χ4n) is 0.598. The smallest absolute Gasteiger partial charge is 0.387 e. The van der Waals surface area contributed by atoms with Gasteiger partial charge in [-0.3, -0.25) is 0 Å². The number of anilines is 1. The van der Waals surface area contributed by atoms with Crippen molar-refractivity contribution in [2.24, 2.45) is 0 Å². The predicted molar refractivity (Wildman–Crippen MR) is 42.6 cm³/mol. The molecule has 0 aliphatic rings. The lowest BCUT2D eigenvalue weighted by molar-refractivity contribution is -0.388. The number of thiol groups is 1. The van der Waals surface area contributed by atoms with Crippen molar-refractivity contribution < 1.29 is 4.92 Å². The number of nitrogens with two attached hydrogens (primary N) is 1. The summed E-state index contributed by atoms with van der Waals surface area (Å²) in [5.41, 5.74) is 5.30. The van der Waals surface area contributed by atoms with Gasteiger partial charge in [0.05, 0.1) is 0 Å². The minimum Gasteiger partial charge on any atom is -0.391 e. The van der Waals surface area contributed by atoms with E-state index in [9.17, 15) is 10.1 Å². The van der Waals surface area contributed by atoms with Crippen LogP contribution in [-0.2, 0) is 0 Å². The van der Waals surface area contributed by atoms with Gasteiger partial charge in [-0.15, -0.1) is 12.6 Å². The molecule has 0 fully saturated rings. The van der Waals surface area contributed by atoms with E-state index in [0.29, 0.717) is 4.90 Å². The Morgan fingerprint density at radius 2 is 2.36 bits per heavy atom. The van der Waals surface area contributed by atoms with Gasteiger partial charge in [-0.05, 0) is 16.0 Å². The molecule has 2 N–H and O–H groups in total. The summed E-state index contributed by atoms with van der Waals surface area (Å²) >= 11 is 3.89. The normalized spacial score (nSPS) is 9.55. The number of hydrogen-bond donors (Lipinski definition) is 2. The highest BCUT2D eigenvalue weighted by Gasteiger charge is 2.13. The lowest BCUT2D eigenvalue weighted by Gasteiger charge is -1.97. The lowest BCUT2D eigenvalue weighted by atomic mass is 10.4. The van der Waals surface area contributed by atoms with Gasteiger partial charge in [-0.1, -0.05) is 0 Å². The van der Waals surface area contributed by atoms with Gasteiger partial charge in [0.2, 0.25) is 0 Å². The molecule has 0 aliphatic heterocycles. The molecule has 0 bridgehead atoms. The summed E-state index contributed by atoms with van der Waals surface area (Å²) in [6, 6.07) is 1.49. The van der Waals surface area contributed by atoms with E-state index >= 15 is 0 Å². The topological polar surface area (TPSA) is 82.0 Å². The Bertz CT molecular complexity index is 302. The molecule has 0 amide bonds. The second-order valence-corrected chi connectivity index (χ2v) is 2.31. The second-order valence-electron chi connectivity index (χ2n) is 1.82. The highest BCUT2D eigenvalue weighted by atomic mass is 32.1. The largest absolute Gasteiger partial charge is 0.391 e. The summed E-state index contributed by atoms with van der Waals surface area (Å²) in [4.78, 5) is 13.4. The molecular weight excluding hydrogens is 166 g/mol. The van der Waals surface area contributed by atoms with Crippen LogP contribution >= 0.6 is 12.6 Å². The van der Waals surface area contributed by atoms with Crippen LogP contribution in [0.4, 0.5) is 11.5 Å². The van der Waals surface area contributed by atoms with Gasteiger partial charge in [-0.25, -0.2) is 0 Å². The van der Waals surface area contributed by atoms with E-state index in [1.54, 1.807) is 0 Å². The molecule has 0 atom stereocenters. The van der Waals surface area contributed by atoms with E-state index in [2.05, 4.69) is 17.6 Å². The molecule has 0 saturated carbocycles. The molecule has 6 heteroatoms. The predicted octanol–water partition coefficient (Wildman–Crippen LogP) is 0.861. The van der Waals surface area contributed by atoms with Crippen molar-refractivity contribution in [3.05, 3.63) is 22.4 Å². The molecule has 0 aliphatic carbocycles. The zero-order chi connectivity index (χ0) is 8.43. The van der Waals surface area contributed by atoms with Crippen LogP contribution in [0.5, 0.6) is 0 Å². The Balaban J connectivity index is 3.27. The van der Waals surface area contributed by atoms with E-state index in [1.165, 1.54) is 12.3 Å². The number of nitrogen functional groups attached to an aromatic ring is 1. The molecule has 11 heavy (non-hydrogen) atoms. The van der Waals surface area contributed by atoms with Crippen LogP contribution in [0.1, 0.15) is 0 Å². The summed E-state index contributed by atoms with van der Waals surface area (Å²) in [6.45, 7) is 0. The summed E-state index contributed by atoms with van der Waals surface area (Å²) in [6.07, 6.45) is 1.29. The number of rotatable bonds is 1. The summed E-state index contributed by atoms with van der Waals surface area (Å²) in [7, 11) is 0. The fraction of sp³-hybridized carbons (Fsp3) is 0. The monoisotopic (exact) mass is 171 g/mol. The second kappa shape index (κ2) is 2.75. The van der Waals surface area contributed by atoms with Crippen molar-refractivity contribution in [2.45, 2.75) is 4.90 Å². The quantitative estimate of drug-likeness (QED) is 0.373. The number of nitrogens with zero attached hydrogens (tertiary/aromatic N) is 2. The van der Waals surface area contributed by atoms with Crippen molar-refractivity contribution in [3.63, 3.8) is 0 Å². The zero-order valence-corrected chi connectivity index (χ0v) is 6.28. The maximum absolute atomic E-state index is 10.2. The van der Waals surface area contributed by atoms with E-state index < -0.39 is 4.92 Å². The SMILES string of the molecule is Nc1c(S)ccnc1[N+](=O)[O-]. The third-order valence-electron chi connectivity index (χ3n) is 1.12. The molecule has 1 aromatic heterocycles. The Labute approximate surface area is 67.8 Å². The molecule has 58 valence electrons. The third-order valence-corrected chi connectivity index (χ3v) is 1.51. The first kappa shape index (κ1) is 7.80. The molecule has 0 spiro atoms. The standard InChI is InChI=1S/C5H5N3O2S/c6-4-3(11)1-2-7-5(4)8(9)10/h1-2H,6H2,(H,7,11). The van der Waals surface area contributed by atoms with Crippen LogP contribution in [0.15, 0.2) is 17.2 Å². The summed E-state index contributed by atoms with van der Waals surface area (Å²) in [5.74, 6) is -0.350. The summed E-state index contributed by atoms with van der Waals surface area (Å²) < 4.78 is 0. The van der Waals surface area contributed by atoms with E-state index in [-0.39, 0.29) is 11.5 Å². The Morgan fingerprint density at radius 1 is 1.73 bits per heavy atom. The molecule has 1 aromatic rings. The molecule has 1 rings (SSSR count). The van der Waals surface area contributed by atoms with Gasteiger partial charge in [0.15, 0.2) is 0 Å². The highest BCUT2D eigenvalue weighted by Crippen LogP contribution is 2.23. The van der Waals surface area contributed by atoms with Crippen molar-refractivity contribution in [2.75, 3.05) is 5.73 Å². The average molecular weight is 171 g/mol. The first-order valence-corrected chi connectivity index (χ1v) is 3.15. The number of nitro groups is 1. The minimum absolute atomic E-state index is 0.000772. The highest BCUT2D eigenvalue weighted by molar-refractivity contribution is 7.80. The lowest BCUT2D eigenvalue weighted by Crippen LogP contribution is -1.98. The maximum atomic E-state index is 10.2. The summed E-state index contributed by atoms with van der Waals surface area (Å²) in [5, 5.41) is 10.2. The van der Waals surface area contributed by atoms with Crippen LogP contribution < -0.4 is 5.73 Å². The Hall–Kier alpha value is -1.30. The number of hydrogen-bond acceptors (Lipinski definition) is 5. The molecule has 0 saturated heterocycles. The molecule has 0 unspecified atom stereocenters. The van der Waals surface area contributed by atoms with Crippen LogP contribution in [-0.4, -0.2) is 9.91 Å². The first-order chi connectivity index (χ1) is 5.13. The Kier molecular flexibility index (Phi) is 1.95. The molecule has 5 nitrogen and oxygen atoms in total. The number of aromatic nitrogens is 1. The average Bonchev–Trinajstić information content (AvgIpc) is 1.94. The van der Waals surface area contributed by atoms with Gasteiger partial charge in [-0.2, -0.15) is 0 Å². The van der Waals surface area contributed by atoms with Gasteiger partial charge in [0.1, 0.15) is 11.9 Å². The van der Waals surface area contributed by atoms with Crippen LogP contribution in [0.3, 0.4) is 0 Å². The van der Waals surface area contributed by atoms with Gasteiger partial charge >= 0.3 is 5.82 Å². The fourth-order valence-corrected chi connectivity index (χ4v) is 0.764. The molecular formula is C5H5N3O2S. The zero-order valence-electron chi connectivity index (χ0n) is 5.39. The molecule has 1 heterocycles. The molecule has 0 aromatic carbocycles. The number of pyridine rings is 1. The van der Waals surface area contributed by atoms with E-state index in [4.69, 9.17) is 5.73 Å². The van der Waals surface area contributed by atoms with E-state index in [0.717, 1.165) is 0 Å². The van der Waals surface area contributed by atoms with Gasteiger partial charge in [0.25, 0.3) is 0 Å². The van der Waals surface area contributed by atoms with Crippen molar-refractivity contribution in [3.8, 4) is 0 Å². The van der Waals surface area contributed by atoms with Crippen LogP contribution in [0, 0.1) is 10.1 Å². The maximum Gasteiger partial charge on any atom is 0.387 e. The molecule has 0 radical (unpaired) electrons. The minimum atomic E-state index is -0.644. The van der Waals surface area contributed by atoms with Crippen molar-refractivity contribution in [1.29, 1.82) is 0 Å². The third kappa shape index (κ3) is 1.40. The van der Waals surface area contributed by atoms with Crippen LogP contribution in [0.25, 0.3) is 0 Å². The van der Waals surface area contributed by atoms with Crippen molar-refractivity contribution in [1.82, 2.24) is 4.98 Å². The van der Waals surface area contributed by atoms with E-state index in [1.807, 2.05) is 0 Å². The van der Waals surface area contributed by atoms with Crippen LogP contribution in [0.2, 0.25) is 0 Å². The Morgan fingerprint density at radius 3 is 2.82 bits per heavy atom. The first-order valence-electron chi connectivity index (χ1n) is 2.70. The van der Waals surface area contributed by atoms with Gasteiger partial charge < -0.3 is 15.8 Å². The van der Waals surface area contributed by atoms with Crippen molar-refractivity contribution >= 4 is 24.1 Å².